The number of carbonyl (C=O) groups is 1. The summed E-state index contributed by atoms with van der Waals surface area (Å²) in [6, 6.07) is 31.5. The van der Waals surface area contributed by atoms with Gasteiger partial charge in [0.15, 0.2) is 0 Å². The highest BCUT2D eigenvalue weighted by Gasteiger charge is 2.59. The first-order chi connectivity index (χ1) is 13.8. The zero-order chi connectivity index (χ0) is 18.7. The van der Waals surface area contributed by atoms with E-state index in [-0.39, 0.29) is 11.3 Å². The summed E-state index contributed by atoms with van der Waals surface area (Å²) in [5.74, 6) is 0.224. The predicted molar refractivity (Wildman–Crippen MR) is 114 cm³/mol. The van der Waals surface area contributed by atoms with Gasteiger partial charge in [-0.15, -0.1) is 0 Å². The maximum Gasteiger partial charge on any atom is 0.242 e. The van der Waals surface area contributed by atoms with E-state index in [1.807, 2.05) is 29.2 Å². The monoisotopic (exact) mass is 361 g/mol. The van der Waals surface area contributed by atoms with Crippen LogP contribution in [0.1, 0.15) is 18.4 Å². The lowest BCUT2D eigenvalue weighted by Crippen LogP contribution is -2.28. The number of benzene rings is 4. The summed E-state index contributed by atoms with van der Waals surface area (Å²) >= 11 is 0. The number of nitrogens with zero attached hydrogens (tertiary/aromatic N) is 1. The number of para-hydroxylation sites is 2. The summed E-state index contributed by atoms with van der Waals surface area (Å²) in [7, 11) is 0. The highest BCUT2D eigenvalue weighted by Crippen LogP contribution is 2.59. The van der Waals surface area contributed by atoms with Gasteiger partial charge in [0.2, 0.25) is 5.91 Å². The minimum atomic E-state index is -0.285. The van der Waals surface area contributed by atoms with Gasteiger partial charge in [0.1, 0.15) is 0 Å². The third-order valence-corrected chi connectivity index (χ3v) is 6.23. The molecule has 0 aromatic heterocycles. The Morgan fingerprint density at radius 1 is 0.679 bits per heavy atom. The van der Waals surface area contributed by atoms with Gasteiger partial charge in [0.05, 0.1) is 16.8 Å². The Morgan fingerprint density at radius 3 is 2.18 bits per heavy atom. The van der Waals surface area contributed by atoms with Crippen LogP contribution in [0.3, 0.4) is 0 Å². The molecule has 28 heavy (non-hydrogen) atoms. The van der Waals surface area contributed by atoms with Gasteiger partial charge in [-0.25, -0.2) is 0 Å². The third-order valence-electron chi connectivity index (χ3n) is 6.23. The first-order valence-electron chi connectivity index (χ1n) is 9.80. The van der Waals surface area contributed by atoms with Crippen molar-refractivity contribution in [2.45, 2.75) is 18.3 Å². The fourth-order valence-electron chi connectivity index (χ4n) is 4.63. The van der Waals surface area contributed by atoms with Gasteiger partial charge in [0.25, 0.3) is 0 Å². The molecule has 1 aliphatic carbocycles. The van der Waals surface area contributed by atoms with E-state index in [0.29, 0.717) is 0 Å². The Hall–Kier alpha value is -3.39. The molecule has 2 nitrogen and oxygen atoms in total. The molecule has 134 valence electrons. The third kappa shape index (κ3) is 2.06. The van der Waals surface area contributed by atoms with Crippen LogP contribution in [0.25, 0.3) is 21.9 Å². The van der Waals surface area contributed by atoms with Crippen molar-refractivity contribution in [3.05, 3.63) is 96.6 Å². The molecule has 1 heterocycles. The molecule has 0 N–H and O–H groups in total. The molecule has 2 aliphatic rings. The van der Waals surface area contributed by atoms with Crippen LogP contribution < -0.4 is 4.90 Å². The number of hydrogen-bond acceptors (Lipinski definition) is 1. The molecule has 0 atom stereocenters. The molecule has 1 fully saturated rings. The van der Waals surface area contributed by atoms with E-state index < -0.39 is 0 Å². The Kier molecular flexibility index (Phi) is 3.10. The summed E-state index contributed by atoms with van der Waals surface area (Å²) in [5, 5.41) is 2.44. The number of fused-ring (bicyclic) bond motifs is 3. The molecule has 4 aromatic rings. The van der Waals surface area contributed by atoms with E-state index in [4.69, 9.17) is 0 Å². The molecule has 0 saturated heterocycles. The molecule has 1 amide bonds. The molecule has 0 unspecified atom stereocenters. The zero-order valence-electron chi connectivity index (χ0n) is 15.4. The molecular formula is C26H19NO. The summed E-state index contributed by atoms with van der Waals surface area (Å²) in [6.45, 7) is 0. The van der Waals surface area contributed by atoms with Gasteiger partial charge < -0.3 is 0 Å². The van der Waals surface area contributed by atoms with E-state index in [0.717, 1.165) is 35.3 Å². The lowest BCUT2D eigenvalue weighted by molar-refractivity contribution is -0.119. The molecule has 4 aromatic carbocycles. The van der Waals surface area contributed by atoms with Crippen LogP contribution in [-0.2, 0) is 10.2 Å². The standard InChI is InChI=1S/C26H19NO/c28-25-26(15-16-26)22-10-4-6-12-24(22)27(25)23-11-5-3-9-21(23)20-14-13-18-7-1-2-8-19(18)17-20/h1-14,17H,15-16H2. The summed E-state index contributed by atoms with van der Waals surface area (Å²) in [6.07, 6.45) is 1.91. The van der Waals surface area contributed by atoms with Gasteiger partial charge in [0, 0.05) is 5.56 Å². The predicted octanol–water partition coefficient (Wildman–Crippen LogP) is 6.22. The number of rotatable bonds is 2. The maximum atomic E-state index is 13.5. The quantitative estimate of drug-likeness (QED) is 0.415. The van der Waals surface area contributed by atoms with E-state index in [9.17, 15) is 4.79 Å². The fourth-order valence-corrected chi connectivity index (χ4v) is 4.63. The van der Waals surface area contributed by atoms with Gasteiger partial charge in [-0.2, -0.15) is 0 Å². The van der Waals surface area contributed by atoms with E-state index in [2.05, 4.69) is 66.7 Å². The second-order valence-corrected chi connectivity index (χ2v) is 7.82. The van der Waals surface area contributed by atoms with Gasteiger partial charge in [-0.3, -0.25) is 9.69 Å². The van der Waals surface area contributed by atoms with E-state index >= 15 is 0 Å². The summed E-state index contributed by atoms with van der Waals surface area (Å²) in [4.78, 5) is 15.4. The summed E-state index contributed by atoms with van der Waals surface area (Å²) in [5.41, 5.74) is 5.14. The first-order valence-corrected chi connectivity index (χ1v) is 9.80. The molecule has 2 heteroatoms. The van der Waals surface area contributed by atoms with Crippen LogP contribution in [0.5, 0.6) is 0 Å². The molecule has 1 aliphatic heterocycles. The van der Waals surface area contributed by atoms with Crippen molar-refractivity contribution in [1.29, 1.82) is 0 Å². The zero-order valence-corrected chi connectivity index (χ0v) is 15.4. The molecule has 1 saturated carbocycles. The van der Waals surface area contributed by atoms with Crippen LogP contribution >= 0.6 is 0 Å². The number of carbonyl (C=O) groups excluding carboxylic acids is 1. The van der Waals surface area contributed by atoms with Crippen LogP contribution in [0, 0.1) is 0 Å². The molecule has 1 spiro atoms. The SMILES string of the molecule is O=C1N(c2ccccc2-c2ccc3ccccc3c2)c2ccccc2C12CC2. The Bertz CT molecular complexity index is 1250. The highest BCUT2D eigenvalue weighted by atomic mass is 16.2. The average molecular weight is 361 g/mol. The largest absolute Gasteiger partial charge is 0.279 e. The summed E-state index contributed by atoms with van der Waals surface area (Å²) < 4.78 is 0. The number of amides is 1. The van der Waals surface area contributed by atoms with Gasteiger partial charge >= 0.3 is 0 Å². The van der Waals surface area contributed by atoms with Crippen LogP contribution in [-0.4, -0.2) is 5.91 Å². The van der Waals surface area contributed by atoms with Crippen LogP contribution in [0.4, 0.5) is 11.4 Å². The normalized spacial score (nSPS) is 16.6. The second kappa shape index (κ2) is 5.56. The van der Waals surface area contributed by atoms with E-state index in [1.165, 1.54) is 16.3 Å². The highest BCUT2D eigenvalue weighted by molar-refractivity contribution is 6.16. The first kappa shape index (κ1) is 15.6. The molecule has 0 bridgehead atoms. The van der Waals surface area contributed by atoms with Crippen molar-refractivity contribution in [2.24, 2.45) is 0 Å². The molecule has 0 radical (unpaired) electrons. The second-order valence-electron chi connectivity index (χ2n) is 7.82. The number of anilines is 2. The van der Waals surface area contributed by atoms with Crippen molar-refractivity contribution in [3.63, 3.8) is 0 Å². The van der Waals surface area contributed by atoms with E-state index in [1.54, 1.807) is 0 Å². The average Bonchev–Trinajstić information content (AvgIpc) is 3.52. The Morgan fingerprint density at radius 2 is 1.36 bits per heavy atom. The lowest BCUT2D eigenvalue weighted by Gasteiger charge is -2.22. The fraction of sp³-hybridized carbons (Fsp3) is 0.115. The minimum absolute atomic E-state index is 0.224. The van der Waals surface area contributed by atoms with Crippen molar-refractivity contribution in [2.75, 3.05) is 4.90 Å². The van der Waals surface area contributed by atoms with Crippen molar-refractivity contribution in [3.8, 4) is 11.1 Å². The van der Waals surface area contributed by atoms with Gasteiger partial charge in [-0.05, 0) is 52.9 Å². The molecule has 6 rings (SSSR count). The van der Waals surface area contributed by atoms with Crippen molar-refractivity contribution in [1.82, 2.24) is 0 Å². The van der Waals surface area contributed by atoms with Crippen molar-refractivity contribution >= 4 is 28.1 Å². The van der Waals surface area contributed by atoms with Crippen LogP contribution in [0.15, 0.2) is 91.0 Å². The maximum absolute atomic E-state index is 13.5. The lowest BCUT2D eigenvalue weighted by atomic mass is 9.98. The topological polar surface area (TPSA) is 20.3 Å². The smallest absolute Gasteiger partial charge is 0.242 e. The molecular weight excluding hydrogens is 342 g/mol. The Labute approximate surface area is 164 Å². The van der Waals surface area contributed by atoms with Crippen LogP contribution in [0.2, 0.25) is 0 Å². The minimum Gasteiger partial charge on any atom is -0.279 e. The van der Waals surface area contributed by atoms with Gasteiger partial charge in [-0.1, -0.05) is 72.8 Å². The van der Waals surface area contributed by atoms with Crippen molar-refractivity contribution < 1.29 is 4.79 Å². The number of hydrogen-bond donors (Lipinski definition) is 0. The Balaban J connectivity index is 1.55.